The third-order valence-electron chi connectivity index (χ3n) is 4.54. The minimum atomic E-state index is -0.186. The van der Waals surface area contributed by atoms with Gasteiger partial charge in [-0.3, -0.25) is 4.79 Å². The molecule has 0 aliphatic heterocycles. The highest BCUT2D eigenvalue weighted by Gasteiger charge is 2.16. The van der Waals surface area contributed by atoms with Gasteiger partial charge in [-0.1, -0.05) is 64.1 Å². The largest absolute Gasteiger partial charge is 0.493 e. The highest BCUT2D eigenvalue weighted by Crippen LogP contribution is 2.33. The Hall–Kier alpha value is -2.75. The first-order chi connectivity index (χ1) is 13.4. The van der Waals surface area contributed by atoms with E-state index in [2.05, 4.69) is 45.1 Å². The highest BCUT2D eigenvalue weighted by molar-refractivity contribution is 5.93. The van der Waals surface area contributed by atoms with Gasteiger partial charge in [0.25, 0.3) is 5.91 Å². The van der Waals surface area contributed by atoms with E-state index in [4.69, 9.17) is 9.47 Å². The van der Waals surface area contributed by atoms with Crippen molar-refractivity contribution in [3.8, 4) is 11.5 Å². The lowest BCUT2D eigenvalue weighted by atomic mass is 9.92. The van der Waals surface area contributed by atoms with Crippen LogP contribution in [0.1, 0.15) is 63.1 Å². The molecule has 0 aromatic heterocycles. The summed E-state index contributed by atoms with van der Waals surface area (Å²) in [5.41, 5.74) is 4.18. The fourth-order valence-electron chi connectivity index (χ4n) is 3.11. The fraction of sp³-hybridized carbons (Fsp3) is 0.375. The van der Waals surface area contributed by atoms with Crippen molar-refractivity contribution >= 4 is 17.7 Å². The SMILES string of the molecule is C/C=C/c1ccc(OCC(=O)Nc2c(C(C)C)cccc2C(C)C)c(OC)c1. The van der Waals surface area contributed by atoms with Crippen molar-refractivity contribution in [2.24, 2.45) is 0 Å². The van der Waals surface area contributed by atoms with E-state index in [9.17, 15) is 4.79 Å². The first-order valence-corrected chi connectivity index (χ1v) is 9.73. The molecule has 0 aliphatic carbocycles. The Morgan fingerprint density at radius 3 is 2.21 bits per heavy atom. The van der Waals surface area contributed by atoms with Crippen LogP contribution in [0, 0.1) is 0 Å². The predicted molar refractivity (Wildman–Crippen MR) is 116 cm³/mol. The number of hydrogen-bond acceptors (Lipinski definition) is 3. The van der Waals surface area contributed by atoms with Crippen molar-refractivity contribution in [2.75, 3.05) is 19.0 Å². The summed E-state index contributed by atoms with van der Waals surface area (Å²) >= 11 is 0. The number of ether oxygens (including phenoxy) is 2. The van der Waals surface area contributed by atoms with Crippen LogP contribution < -0.4 is 14.8 Å². The first-order valence-electron chi connectivity index (χ1n) is 9.73. The van der Waals surface area contributed by atoms with Gasteiger partial charge in [0.2, 0.25) is 0 Å². The molecule has 4 heteroatoms. The molecular weight excluding hydrogens is 350 g/mol. The molecule has 0 atom stereocenters. The summed E-state index contributed by atoms with van der Waals surface area (Å²) < 4.78 is 11.1. The lowest BCUT2D eigenvalue weighted by Crippen LogP contribution is -2.22. The van der Waals surface area contributed by atoms with Crippen molar-refractivity contribution in [1.29, 1.82) is 0 Å². The fourth-order valence-corrected chi connectivity index (χ4v) is 3.11. The minimum absolute atomic E-state index is 0.0801. The Bertz CT molecular complexity index is 811. The smallest absolute Gasteiger partial charge is 0.262 e. The molecule has 0 saturated carbocycles. The maximum absolute atomic E-state index is 12.6. The molecule has 0 saturated heterocycles. The number of carbonyl (C=O) groups excluding carboxylic acids is 1. The Balaban J connectivity index is 2.15. The average Bonchev–Trinajstić information content (AvgIpc) is 2.66. The average molecular weight is 382 g/mol. The van der Waals surface area contributed by atoms with Crippen LogP contribution in [0.4, 0.5) is 5.69 Å². The van der Waals surface area contributed by atoms with Gasteiger partial charge in [0.05, 0.1) is 7.11 Å². The normalized spacial score (nSPS) is 11.3. The van der Waals surface area contributed by atoms with Gasteiger partial charge in [-0.25, -0.2) is 0 Å². The summed E-state index contributed by atoms with van der Waals surface area (Å²) in [5, 5.41) is 3.07. The molecule has 0 bridgehead atoms. The van der Waals surface area contributed by atoms with E-state index < -0.39 is 0 Å². The standard InChI is InChI=1S/C24H31NO3/c1-7-9-18-12-13-21(22(14-18)27-6)28-15-23(26)25-24-19(16(2)3)10-8-11-20(24)17(4)5/h7-14,16-17H,15H2,1-6H3,(H,25,26)/b9-7+. The molecule has 4 nitrogen and oxygen atoms in total. The second-order valence-corrected chi connectivity index (χ2v) is 7.37. The molecule has 1 N–H and O–H groups in total. The molecular formula is C24H31NO3. The van der Waals surface area contributed by atoms with Gasteiger partial charge < -0.3 is 14.8 Å². The number of benzene rings is 2. The third kappa shape index (κ3) is 5.38. The number of nitrogens with one attached hydrogen (secondary N) is 1. The monoisotopic (exact) mass is 381 g/mol. The number of hydrogen-bond donors (Lipinski definition) is 1. The number of methoxy groups -OCH3 is 1. The van der Waals surface area contributed by atoms with Crippen LogP contribution in [-0.2, 0) is 4.79 Å². The van der Waals surface area contributed by atoms with Gasteiger partial charge in [-0.15, -0.1) is 0 Å². The van der Waals surface area contributed by atoms with Crippen molar-refractivity contribution in [3.05, 3.63) is 59.2 Å². The van der Waals surface area contributed by atoms with Crippen LogP contribution in [0.2, 0.25) is 0 Å². The molecule has 2 rings (SSSR count). The molecule has 1 amide bonds. The predicted octanol–water partition coefficient (Wildman–Crippen LogP) is 5.99. The number of allylic oxidation sites excluding steroid dienone is 1. The van der Waals surface area contributed by atoms with Crippen molar-refractivity contribution in [3.63, 3.8) is 0 Å². The molecule has 2 aromatic rings. The lowest BCUT2D eigenvalue weighted by Gasteiger charge is -2.20. The van der Waals surface area contributed by atoms with Crippen LogP contribution in [0.25, 0.3) is 6.08 Å². The Kier molecular flexibility index (Phi) is 7.68. The van der Waals surface area contributed by atoms with Crippen molar-refractivity contribution in [1.82, 2.24) is 0 Å². The minimum Gasteiger partial charge on any atom is -0.493 e. The number of para-hydroxylation sites is 1. The summed E-state index contributed by atoms with van der Waals surface area (Å²) in [6, 6.07) is 11.8. The Labute approximate surface area is 168 Å². The molecule has 0 unspecified atom stereocenters. The van der Waals surface area contributed by atoms with Crippen molar-refractivity contribution in [2.45, 2.75) is 46.5 Å². The second-order valence-electron chi connectivity index (χ2n) is 7.37. The molecule has 0 aliphatic rings. The van der Waals surface area contributed by atoms with E-state index in [0.717, 1.165) is 22.4 Å². The van der Waals surface area contributed by atoms with Crippen molar-refractivity contribution < 1.29 is 14.3 Å². The maximum atomic E-state index is 12.6. The molecule has 0 spiro atoms. The maximum Gasteiger partial charge on any atom is 0.262 e. The van der Waals surface area contributed by atoms with E-state index in [1.54, 1.807) is 7.11 Å². The van der Waals surface area contributed by atoms with Crippen LogP contribution in [0.3, 0.4) is 0 Å². The number of carbonyl (C=O) groups is 1. The molecule has 0 heterocycles. The van der Waals surface area contributed by atoms with Gasteiger partial charge in [0.15, 0.2) is 18.1 Å². The molecule has 0 fully saturated rings. The second kappa shape index (κ2) is 9.98. The quantitative estimate of drug-likeness (QED) is 0.611. The van der Waals surface area contributed by atoms with E-state index in [1.165, 1.54) is 0 Å². The number of amides is 1. The molecule has 2 aromatic carbocycles. The lowest BCUT2D eigenvalue weighted by molar-refractivity contribution is -0.118. The van der Waals surface area contributed by atoms with Gasteiger partial charge >= 0.3 is 0 Å². The summed E-state index contributed by atoms with van der Waals surface area (Å²) in [6.07, 6.45) is 3.94. The third-order valence-corrected chi connectivity index (χ3v) is 4.54. The molecule has 0 radical (unpaired) electrons. The molecule has 150 valence electrons. The summed E-state index contributed by atoms with van der Waals surface area (Å²) in [4.78, 5) is 12.6. The van der Waals surface area contributed by atoms with Gasteiger partial charge in [-0.2, -0.15) is 0 Å². The van der Waals surface area contributed by atoms with Crippen LogP contribution >= 0.6 is 0 Å². The zero-order valence-corrected chi connectivity index (χ0v) is 17.7. The van der Waals surface area contributed by atoms with Gasteiger partial charge in [0, 0.05) is 5.69 Å². The van der Waals surface area contributed by atoms with E-state index in [-0.39, 0.29) is 12.5 Å². The van der Waals surface area contributed by atoms with Gasteiger partial charge in [-0.05, 0) is 47.6 Å². The topological polar surface area (TPSA) is 47.6 Å². The number of rotatable bonds is 8. The van der Waals surface area contributed by atoms with Gasteiger partial charge in [0.1, 0.15) is 0 Å². The molecule has 28 heavy (non-hydrogen) atoms. The van der Waals surface area contributed by atoms with E-state index in [0.29, 0.717) is 23.3 Å². The Morgan fingerprint density at radius 2 is 1.68 bits per heavy atom. The first kappa shape index (κ1) is 21.5. The van der Waals surface area contributed by atoms with E-state index >= 15 is 0 Å². The zero-order valence-electron chi connectivity index (χ0n) is 17.7. The van der Waals surface area contributed by atoms with Crippen LogP contribution in [0.15, 0.2) is 42.5 Å². The number of anilines is 1. The highest BCUT2D eigenvalue weighted by atomic mass is 16.5. The summed E-state index contributed by atoms with van der Waals surface area (Å²) in [7, 11) is 1.59. The Morgan fingerprint density at radius 1 is 1.04 bits per heavy atom. The van der Waals surface area contributed by atoms with Crippen LogP contribution in [-0.4, -0.2) is 19.6 Å². The zero-order chi connectivity index (χ0) is 20.7. The van der Waals surface area contributed by atoms with Crippen LogP contribution in [0.5, 0.6) is 11.5 Å². The van der Waals surface area contributed by atoms with E-state index in [1.807, 2.05) is 43.3 Å². The summed E-state index contributed by atoms with van der Waals surface area (Å²) in [5.74, 6) is 1.60. The summed E-state index contributed by atoms with van der Waals surface area (Å²) in [6.45, 7) is 10.4.